The van der Waals surface area contributed by atoms with Gasteiger partial charge in [-0.1, -0.05) is 17.7 Å². The van der Waals surface area contributed by atoms with Crippen LogP contribution in [0.4, 0.5) is 20.5 Å². The fourth-order valence-corrected chi connectivity index (χ4v) is 4.51. The first-order valence-corrected chi connectivity index (χ1v) is 12.1. The van der Waals surface area contributed by atoms with E-state index in [-0.39, 0.29) is 52.4 Å². The molecule has 1 saturated heterocycles. The van der Waals surface area contributed by atoms with Crippen LogP contribution in [-0.2, 0) is 9.59 Å². The Hall–Kier alpha value is -3.73. The Morgan fingerprint density at radius 1 is 1.14 bits per heavy atom. The Bertz CT molecular complexity index is 1340. The van der Waals surface area contributed by atoms with Gasteiger partial charge in [0.15, 0.2) is 5.82 Å². The van der Waals surface area contributed by atoms with Crippen molar-refractivity contribution in [2.24, 2.45) is 0 Å². The Morgan fingerprint density at radius 2 is 1.84 bits per heavy atom. The van der Waals surface area contributed by atoms with Gasteiger partial charge in [0.1, 0.15) is 22.9 Å². The van der Waals surface area contributed by atoms with E-state index in [2.05, 4.69) is 15.3 Å². The summed E-state index contributed by atoms with van der Waals surface area (Å²) >= 11 is 6.45. The lowest BCUT2D eigenvalue weighted by atomic mass is 10.0. The van der Waals surface area contributed by atoms with Gasteiger partial charge in [-0.25, -0.2) is 13.8 Å². The number of fused-ring (bicyclic) bond motifs is 1. The highest BCUT2D eigenvalue weighted by molar-refractivity contribution is 6.34. The van der Waals surface area contributed by atoms with Gasteiger partial charge >= 0.3 is 0 Å². The molecule has 0 unspecified atom stereocenters. The molecule has 2 heterocycles. The largest absolute Gasteiger partial charge is 0.507 e. The lowest BCUT2D eigenvalue weighted by Crippen LogP contribution is -2.48. The van der Waals surface area contributed by atoms with Crippen LogP contribution in [0.25, 0.3) is 22.0 Å². The third-order valence-corrected chi connectivity index (χ3v) is 6.55. The van der Waals surface area contributed by atoms with Crippen molar-refractivity contribution in [2.45, 2.75) is 13.3 Å². The van der Waals surface area contributed by atoms with Crippen LogP contribution in [0.3, 0.4) is 0 Å². The molecule has 1 aliphatic heterocycles. The number of carbonyl (C=O) groups excluding carboxylic acids is 2. The molecule has 0 spiro atoms. The van der Waals surface area contributed by atoms with E-state index in [0.717, 1.165) is 6.07 Å². The van der Waals surface area contributed by atoms with Crippen LogP contribution in [0.15, 0.2) is 24.3 Å². The summed E-state index contributed by atoms with van der Waals surface area (Å²) in [6.07, 6.45) is 0.165. The van der Waals surface area contributed by atoms with Crippen molar-refractivity contribution in [1.82, 2.24) is 19.8 Å². The van der Waals surface area contributed by atoms with E-state index in [1.807, 2.05) is 4.90 Å². The molecular weight excluding hydrogens is 506 g/mol. The second-order valence-electron chi connectivity index (χ2n) is 8.91. The monoisotopic (exact) mass is 532 g/mol. The molecule has 2 amide bonds. The van der Waals surface area contributed by atoms with Crippen LogP contribution in [0.5, 0.6) is 5.75 Å². The molecule has 1 aliphatic rings. The number of halogens is 3. The standard InChI is InChI=1S/C25H27ClF2N6O3/c1-14(35)33-9-11-34(12-10-33)24-15-13-16(26)20(21-17(27)5-4-6-18(21)36)22(28)23(15)30-25(31-24)29-8-7-19(37)32(2)3/h4-6,13,36H,7-12H2,1-3H3,(H,29,30,31). The van der Waals surface area contributed by atoms with Gasteiger partial charge in [0.25, 0.3) is 0 Å². The molecule has 37 heavy (non-hydrogen) atoms. The number of aromatic nitrogens is 2. The van der Waals surface area contributed by atoms with E-state index in [1.54, 1.807) is 19.0 Å². The van der Waals surface area contributed by atoms with E-state index < -0.39 is 17.4 Å². The van der Waals surface area contributed by atoms with E-state index >= 15 is 4.39 Å². The third kappa shape index (κ3) is 5.36. The first-order valence-electron chi connectivity index (χ1n) is 11.7. The average molecular weight is 533 g/mol. The van der Waals surface area contributed by atoms with Crippen molar-refractivity contribution >= 4 is 46.1 Å². The zero-order valence-electron chi connectivity index (χ0n) is 20.7. The van der Waals surface area contributed by atoms with Crippen molar-refractivity contribution in [1.29, 1.82) is 0 Å². The Balaban J connectivity index is 1.82. The molecule has 3 aromatic rings. The number of anilines is 2. The fourth-order valence-electron chi connectivity index (χ4n) is 4.23. The lowest BCUT2D eigenvalue weighted by molar-refractivity contribution is -0.129. The number of nitrogens with zero attached hydrogens (tertiary/aromatic N) is 5. The molecule has 1 fully saturated rings. The zero-order valence-corrected chi connectivity index (χ0v) is 21.4. The van der Waals surface area contributed by atoms with Crippen LogP contribution in [0, 0.1) is 11.6 Å². The van der Waals surface area contributed by atoms with Crippen molar-refractivity contribution in [3.05, 3.63) is 40.9 Å². The topological polar surface area (TPSA) is 102 Å². The summed E-state index contributed by atoms with van der Waals surface area (Å²) in [6, 6.07) is 5.10. The number of amides is 2. The SMILES string of the molecule is CC(=O)N1CCN(c2nc(NCCC(=O)N(C)C)nc3c(F)c(-c4c(O)cccc4F)c(Cl)cc23)CC1. The number of hydrogen-bond acceptors (Lipinski definition) is 7. The maximum absolute atomic E-state index is 16.0. The minimum atomic E-state index is -0.915. The number of phenols is 1. The zero-order chi connectivity index (χ0) is 26.9. The van der Waals surface area contributed by atoms with Gasteiger partial charge in [-0.2, -0.15) is 4.98 Å². The molecule has 0 bridgehead atoms. The first kappa shape index (κ1) is 26.3. The fraction of sp³-hybridized carbons (Fsp3) is 0.360. The molecule has 0 radical (unpaired) electrons. The highest BCUT2D eigenvalue weighted by Crippen LogP contribution is 2.42. The summed E-state index contributed by atoms with van der Waals surface area (Å²) in [7, 11) is 3.29. The number of phenolic OH excluding ortho intramolecular Hbond substituents is 1. The van der Waals surface area contributed by atoms with Crippen LogP contribution in [0.2, 0.25) is 5.02 Å². The number of aromatic hydroxyl groups is 1. The Kier molecular flexibility index (Phi) is 7.63. The molecule has 196 valence electrons. The molecule has 2 N–H and O–H groups in total. The van der Waals surface area contributed by atoms with Crippen molar-refractivity contribution < 1.29 is 23.5 Å². The first-order chi connectivity index (χ1) is 17.6. The molecule has 0 atom stereocenters. The maximum Gasteiger partial charge on any atom is 0.225 e. The summed E-state index contributed by atoms with van der Waals surface area (Å²) in [5.41, 5.74) is -0.805. The number of piperazine rings is 1. The number of benzene rings is 2. The van der Waals surface area contributed by atoms with Crippen LogP contribution >= 0.6 is 11.6 Å². The Morgan fingerprint density at radius 3 is 2.46 bits per heavy atom. The number of hydrogen-bond donors (Lipinski definition) is 2. The highest BCUT2D eigenvalue weighted by Gasteiger charge is 2.27. The van der Waals surface area contributed by atoms with Gasteiger partial charge in [0, 0.05) is 71.1 Å². The van der Waals surface area contributed by atoms with E-state index in [1.165, 1.54) is 30.0 Å². The summed E-state index contributed by atoms with van der Waals surface area (Å²) in [6.45, 7) is 3.51. The van der Waals surface area contributed by atoms with E-state index in [4.69, 9.17) is 11.6 Å². The molecule has 12 heteroatoms. The quantitative estimate of drug-likeness (QED) is 0.501. The van der Waals surface area contributed by atoms with Gasteiger partial charge < -0.3 is 25.1 Å². The normalized spacial score (nSPS) is 13.7. The number of rotatable bonds is 6. The van der Waals surface area contributed by atoms with Gasteiger partial charge in [0.05, 0.1) is 10.6 Å². The number of nitrogens with one attached hydrogen (secondary N) is 1. The average Bonchev–Trinajstić information content (AvgIpc) is 2.85. The highest BCUT2D eigenvalue weighted by atomic mass is 35.5. The van der Waals surface area contributed by atoms with Gasteiger partial charge in [-0.15, -0.1) is 0 Å². The van der Waals surface area contributed by atoms with Crippen molar-refractivity contribution in [3.63, 3.8) is 0 Å². The lowest BCUT2D eigenvalue weighted by Gasteiger charge is -2.35. The van der Waals surface area contributed by atoms with Gasteiger partial charge in [0.2, 0.25) is 17.8 Å². The van der Waals surface area contributed by atoms with Gasteiger partial charge in [-0.05, 0) is 18.2 Å². The molecule has 2 aromatic carbocycles. The number of carbonyl (C=O) groups is 2. The van der Waals surface area contributed by atoms with E-state index in [9.17, 15) is 19.1 Å². The molecule has 0 aliphatic carbocycles. The van der Waals surface area contributed by atoms with Crippen LogP contribution in [-0.4, -0.2) is 83.5 Å². The third-order valence-electron chi connectivity index (χ3n) is 6.25. The smallest absolute Gasteiger partial charge is 0.225 e. The minimum Gasteiger partial charge on any atom is -0.507 e. The molecule has 4 rings (SSSR count). The van der Waals surface area contributed by atoms with Crippen LogP contribution < -0.4 is 10.2 Å². The van der Waals surface area contributed by atoms with Crippen molar-refractivity contribution in [3.8, 4) is 16.9 Å². The van der Waals surface area contributed by atoms with E-state index in [0.29, 0.717) is 37.4 Å². The predicted molar refractivity (Wildman–Crippen MR) is 138 cm³/mol. The van der Waals surface area contributed by atoms with Gasteiger partial charge in [-0.3, -0.25) is 9.59 Å². The second-order valence-corrected chi connectivity index (χ2v) is 9.31. The molecule has 1 aromatic heterocycles. The van der Waals surface area contributed by atoms with Crippen LogP contribution in [0.1, 0.15) is 13.3 Å². The molecule has 9 nitrogen and oxygen atoms in total. The molecule has 0 saturated carbocycles. The summed E-state index contributed by atoms with van der Waals surface area (Å²) in [5, 5.41) is 13.4. The summed E-state index contributed by atoms with van der Waals surface area (Å²) < 4.78 is 30.7. The van der Waals surface area contributed by atoms with Crippen molar-refractivity contribution in [2.75, 3.05) is 57.0 Å². The Labute approximate surface area is 217 Å². The summed E-state index contributed by atoms with van der Waals surface area (Å²) in [5.74, 6) is -1.90. The predicted octanol–water partition coefficient (Wildman–Crippen LogP) is 3.49. The maximum atomic E-state index is 16.0. The minimum absolute atomic E-state index is 0.0384. The summed E-state index contributed by atoms with van der Waals surface area (Å²) in [4.78, 5) is 37.7. The second kappa shape index (κ2) is 10.7. The molecular formula is C25H27ClF2N6O3.